The summed E-state index contributed by atoms with van der Waals surface area (Å²) in [4.78, 5) is 11.5. The molecule has 0 bridgehead atoms. The monoisotopic (exact) mass is 293 g/mol. The van der Waals surface area contributed by atoms with E-state index >= 15 is 0 Å². The maximum Gasteiger partial charge on any atom is 0.323 e. The number of nitrogens with one attached hydrogen (secondary N) is 1. The van der Waals surface area contributed by atoms with E-state index in [2.05, 4.69) is 30.3 Å². The number of hydrogen-bond donors (Lipinski definition) is 2. The molecule has 0 amide bonds. The van der Waals surface area contributed by atoms with Gasteiger partial charge in [0.15, 0.2) is 0 Å². The molecule has 5 heteroatoms. The number of aromatic nitrogens is 2. The molecule has 1 aliphatic rings. The normalized spacial score (nSPS) is 17.7. The summed E-state index contributed by atoms with van der Waals surface area (Å²) in [6, 6.07) is 2.55. The number of carboxylic acids is 1. The van der Waals surface area contributed by atoms with Crippen LogP contribution in [0.5, 0.6) is 0 Å². The molecule has 21 heavy (non-hydrogen) atoms. The molecule has 1 heterocycles. The average Bonchev–Trinajstić information content (AvgIpc) is 3.16. The summed E-state index contributed by atoms with van der Waals surface area (Å²) in [5.41, 5.74) is 1.54. The quantitative estimate of drug-likeness (QED) is 0.733. The Morgan fingerprint density at radius 1 is 1.48 bits per heavy atom. The maximum absolute atomic E-state index is 11.5. The fraction of sp³-hybridized carbons (Fsp3) is 0.750. The fourth-order valence-corrected chi connectivity index (χ4v) is 2.67. The summed E-state index contributed by atoms with van der Waals surface area (Å²) in [7, 11) is 0. The molecule has 1 aromatic rings. The van der Waals surface area contributed by atoms with E-state index in [9.17, 15) is 9.90 Å². The standard InChI is InChI=1S/C16H27N3O2/c1-4-12-11-14(5-2)19(18-12)10-6-9-16(3,15(20)21)17-13-7-8-13/h11,13,17H,4-10H2,1-3H3,(H,20,21). The van der Waals surface area contributed by atoms with Crippen molar-refractivity contribution in [2.24, 2.45) is 0 Å². The molecule has 0 saturated heterocycles. The lowest BCUT2D eigenvalue weighted by Gasteiger charge is -2.26. The summed E-state index contributed by atoms with van der Waals surface area (Å²) in [6.45, 7) is 6.82. The number of aliphatic carboxylic acids is 1. The summed E-state index contributed by atoms with van der Waals surface area (Å²) in [5, 5.41) is 17.3. The van der Waals surface area contributed by atoms with Gasteiger partial charge in [-0.05, 0) is 51.5 Å². The molecular weight excluding hydrogens is 266 g/mol. The first-order chi connectivity index (χ1) is 9.98. The number of carbonyl (C=O) groups is 1. The highest BCUT2D eigenvalue weighted by molar-refractivity contribution is 5.78. The first kappa shape index (κ1) is 16.0. The Bertz CT molecular complexity index is 494. The summed E-state index contributed by atoms with van der Waals surface area (Å²) in [6.07, 6.45) is 5.55. The SMILES string of the molecule is CCc1cc(CC)n(CCCC(C)(NC2CC2)C(=O)O)n1. The molecule has 0 radical (unpaired) electrons. The zero-order valence-electron chi connectivity index (χ0n) is 13.4. The van der Waals surface area contributed by atoms with E-state index in [1.165, 1.54) is 5.69 Å². The summed E-state index contributed by atoms with van der Waals surface area (Å²) in [5.74, 6) is -0.750. The molecule has 1 aromatic heterocycles. The Kier molecular flexibility index (Phi) is 5.04. The zero-order valence-corrected chi connectivity index (χ0v) is 13.4. The van der Waals surface area contributed by atoms with Crippen LogP contribution < -0.4 is 5.32 Å². The van der Waals surface area contributed by atoms with Gasteiger partial charge in [-0.1, -0.05) is 13.8 Å². The maximum atomic E-state index is 11.5. The van der Waals surface area contributed by atoms with Crippen LogP contribution in [0.3, 0.4) is 0 Å². The molecule has 0 spiro atoms. The molecule has 5 nitrogen and oxygen atoms in total. The highest BCUT2D eigenvalue weighted by Crippen LogP contribution is 2.25. The van der Waals surface area contributed by atoms with Crippen molar-refractivity contribution in [3.63, 3.8) is 0 Å². The number of nitrogens with zero attached hydrogens (tertiary/aromatic N) is 2. The van der Waals surface area contributed by atoms with Crippen molar-refractivity contribution in [3.8, 4) is 0 Å². The van der Waals surface area contributed by atoms with Crippen molar-refractivity contribution in [1.82, 2.24) is 15.1 Å². The molecule has 1 atom stereocenters. The van der Waals surface area contributed by atoms with Crippen LogP contribution in [0, 0.1) is 0 Å². The van der Waals surface area contributed by atoms with E-state index in [1.807, 2.05) is 4.68 Å². The molecule has 0 aromatic carbocycles. The first-order valence-electron chi connectivity index (χ1n) is 8.05. The number of aryl methyl sites for hydroxylation is 3. The second kappa shape index (κ2) is 6.60. The smallest absolute Gasteiger partial charge is 0.323 e. The second-order valence-corrected chi connectivity index (χ2v) is 6.22. The van der Waals surface area contributed by atoms with Crippen LogP contribution in [-0.4, -0.2) is 32.4 Å². The van der Waals surface area contributed by atoms with Gasteiger partial charge in [0.1, 0.15) is 5.54 Å². The van der Waals surface area contributed by atoms with E-state index in [-0.39, 0.29) is 0 Å². The molecule has 1 unspecified atom stereocenters. The van der Waals surface area contributed by atoms with E-state index < -0.39 is 11.5 Å². The van der Waals surface area contributed by atoms with Gasteiger partial charge in [0, 0.05) is 18.3 Å². The van der Waals surface area contributed by atoms with Crippen molar-refractivity contribution in [2.45, 2.75) is 77.4 Å². The van der Waals surface area contributed by atoms with Crippen molar-refractivity contribution in [1.29, 1.82) is 0 Å². The van der Waals surface area contributed by atoms with Crippen LogP contribution in [0.25, 0.3) is 0 Å². The van der Waals surface area contributed by atoms with Crippen LogP contribution in [0.2, 0.25) is 0 Å². The fourth-order valence-electron chi connectivity index (χ4n) is 2.67. The number of hydrogen-bond acceptors (Lipinski definition) is 3. The minimum atomic E-state index is -0.811. The highest BCUT2D eigenvalue weighted by atomic mass is 16.4. The second-order valence-electron chi connectivity index (χ2n) is 6.22. The van der Waals surface area contributed by atoms with Crippen LogP contribution in [0.1, 0.15) is 57.8 Å². The van der Waals surface area contributed by atoms with Crippen molar-refractivity contribution >= 4 is 5.97 Å². The van der Waals surface area contributed by atoms with Crippen molar-refractivity contribution in [3.05, 3.63) is 17.5 Å². The minimum absolute atomic E-state index is 0.397. The number of rotatable bonds is 9. The molecule has 1 fully saturated rings. The van der Waals surface area contributed by atoms with Crippen LogP contribution in [0.15, 0.2) is 6.07 Å². The van der Waals surface area contributed by atoms with E-state index in [0.717, 1.165) is 44.3 Å². The van der Waals surface area contributed by atoms with Gasteiger partial charge in [-0.3, -0.25) is 14.8 Å². The third-order valence-electron chi connectivity index (χ3n) is 4.26. The zero-order chi connectivity index (χ0) is 15.5. The Balaban J connectivity index is 1.92. The lowest BCUT2D eigenvalue weighted by Crippen LogP contribution is -2.50. The van der Waals surface area contributed by atoms with Crippen LogP contribution in [-0.2, 0) is 24.2 Å². The topological polar surface area (TPSA) is 67.2 Å². The molecule has 118 valence electrons. The largest absolute Gasteiger partial charge is 0.480 e. The van der Waals surface area contributed by atoms with E-state index in [0.29, 0.717) is 12.5 Å². The molecular formula is C16H27N3O2. The summed E-state index contributed by atoms with van der Waals surface area (Å²) >= 11 is 0. The summed E-state index contributed by atoms with van der Waals surface area (Å²) < 4.78 is 2.04. The predicted octanol–water partition coefficient (Wildman–Crippen LogP) is 2.38. The van der Waals surface area contributed by atoms with E-state index in [4.69, 9.17) is 0 Å². The average molecular weight is 293 g/mol. The van der Waals surface area contributed by atoms with E-state index in [1.54, 1.807) is 6.92 Å². The van der Waals surface area contributed by atoms with Gasteiger partial charge in [-0.15, -0.1) is 0 Å². The van der Waals surface area contributed by atoms with Crippen molar-refractivity contribution in [2.75, 3.05) is 0 Å². The van der Waals surface area contributed by atoms with Gasteiger partial charge in [0.2, 0.25) is 0 Å². The van der Waals surface area contributed by atoms with Gasteiger partial charge in [0.25, 0.3) is 0 Å². The molecule has 1 saturated carbocycles. The van der Waals surface area contributed by atoms with Gasteiger partial charge in [0.05, 0.1) is 5.69 Å². The predicted molar refractivity (Wildman–Crippen MR) is 82.4 cm³/mol. The van der Waals surface area contributed by atoms with Crippen molar-refractivity contribution < 1.29 is 9.90 Å². The van der Waals surface area contributed by atoms with Crippen LogP contribution in [0.4, 0.5) is 0 Å². The van der Waals surface area contributed by atoms with Gasteiger partial charge < -0.3 is 5.11 Å². The minimum Gasteiger partial charge on any atom is -0.480 e. The Labute approximate surface area is 126 Å². The molecule has 1 aliphatic carbocycles. The molecule has 0 aliphatic heterocycles. The Morgan fingerprint density at radius 2 is 2.19 bits per heavy atom. The molecule has 2 N–H and O–H groups in total. The van der Waals surface area contributed by atoms with Gasteiger partial charge >= 0.3 is 5.97 Å². The van der Waals surface area contributed by atoms with Gasteiger partial charge in [-0.2, -0.15) is 5.10 Å². The third-order valence-corrected chi connectivity index (χ3v) is 4.26. The Hall–Kier alpha value is -1.36. The first-order valence-corrected chi connectivity index (χ1v) is 8.05. The van der Waals surface area contributed by atoms with Gasteiger partial charge in [-0.25, -0.2) is 0 Å². The lowest BCUT2D eigenvalue weighted by atomic mass is 9.95. The highest BCUT2D eigenvalue weighted by Gasteiger charge is 2.37. The third kappa shape index (κ3) is 4.06. The lowest BCUT2D eigenvalue weighted by molar-refractivity contribution is -0.144. The molecule has 2 rings (SSSR count). The Morgan fingerprint density at radius 3 is 2.71 bits per heavy atom. The van der Waals surface area contributed by atoms with Crippen LogP contribution >= 0.6 is 0 Å². The number of carboxylic acid groups (broad SMARTS) is 1.